The molecule has 0 amide bonds. The minimum atomic E-state index is -0.494. The van der Waals surface area contributed by atoms with E-state index in [2.05, 4.69) is 5.32 Å². The van der Waals surface area contributed by atoms with Crippen LogP contribution in [0.1, 0.15) is 5.56 Å². The highest BCUT2D eigenvalue weighted by Gasteiger charge is 2.10. The monoisotopic (exact) mass is 276 g/mol. The maximum atomic E-state index is 13.2. The first kappa shape index (κ1) is 14.0. The van der Waals surface area contributed by atoms with Gasteiger partial charge in [0.25, 0.3) is 5.69 Å². The van der Waals surface area contributed by atoms with Crippen molar-refractivity contribution in [1.82, 2.24) is 5.32 Å². The van der Waals surface area contributed by atoms with Crippen molar-refractivity contribution in [2.45, 2.75) is 6.54 Å². The average molecular weight is 276 g/mol. The molecule has 0 unspecified atom stereocenters. The van der Waals surface area contributed by atoms with Crippen LogP contribution in [0.25, 0.3) is 0 Å². The molecular formula is C14H13FN2O3. The third-order valence-corrected chi connectivity index (χ3v) is 2.65. The summed E-state index contributed by atoms with van der Waals surface area (Å²) in [6.45, 7) is 0.433. The highest BCUT2D eigenvalue weighted by atomic mass is 19.1. The Hall–Kier alpha value is -2.47. The predicted molar refractivity (Wildman–Crippen MR) is 72.3 cm³/mol. The molecular weight excluding hydrogens is 263 g/mol. The third kappa shape index (κ3) is 3.30. The van der Waals surface area contributed by atoms with Crippen LogP contribution in [0.3, 0.4) is 0 Å². The topological polar surface area (TPSA) is 64.4 Å². The van der Waals surface area contributed by atoms with Gasteiger partial charge in [-0.1, -0.05) is 6.07 Å². The van der Waals surface area contributed by atoms with E-state index in [1.165, 1.54) is 36.4 Å². The van der Waals surface area contributed by atoms with Gasteiger partial charge in [-0.15, -0.1) is 0 Å². The van der Waals surface area contributed by atoms with Crippen LogP contribution in [0.2, 0.25) is 0 Å². The lowest BCUT2D eigenvalue weighted by atomic mass is 10.2. The maximum absolute atomic E-state index is 13.2. The highest BCUT2D eigenvalue weighted by Crippen LogP contribution is 2.28. The summed E-state index contributed by atoms with van der Waals surface area (Å²) in [4.78, 5) is 10.2. The Labute approximate surface area is 115 Å². The average Bonchev–Trinajstić information content (AvgIpc) is 2.42. The van der Waals surface area contributed by atoms with Crippen molar-refractivity contribution >= 4 is 5.69 Å². The summed E-state index contributed by atoms with van der Waals surface area (Å²) >= 11 is 0. The Morgan fingerprint density at radius 1 is 1.30 bits per heavy atom. The molecule has 20 heavy (non-hydrogen) atoms. The van der Waals surface area contributed by atoms with Crippen molar-refractivity contribution in [3.05, 3.63) is 64.0 Å². The van der Waals surface area contributed by atoms with Crippen LogP contribution < -0.4 is 10.1 Å². The number of hydrogen-bond acceptors (Lipinski definition) is 4. The summed E-state index contributed by atoms with van der Waals surface area (Å²) in [5, 5.41) is 13.6. The van der Waals surface area contributed by atoms with Gasteiger partial charge in [0.2, 0.25) is 0 Å². The number of nitrogens with zero attached hydrogens (tertiary/aromatic N) is 1. The molecule has 0 saturated carbocycles. The second-order valence-electron chi connectivity index (χ2n) is 4.14. The van der Waals surface area contributed by atoms with Crippen LogP contribution in [0, 0.1) is 15.9 Å². The molecule has 0 fully saturated rings. The Morgan fingerprint density at radius 2 is 2.10 bits per heavy atom. The van der Waals surface area contributed by atoms with Crippen LogP contribution >= 0.6 is 0 Å². The molecule has 0 aliphatic heterocycles. The van der Waals surface area contributed by atoms with E-state index in [4.69, 9.17) is 4.74 Å². The van der Waals surface area contributed by atoms with E-state index in [9.17, 15) is 14.5 Å². The van der Waals surface area contributed by atoms with Crippen molar-refractivity contribution in [3.8, 4) is 11.5 Å². The largest absolute Gasteiger partial charge is 0.457 e. The quantitative estimate of drug-likeness (QED) is 0.672. The van der Waals surface area contributed by atoms with Gasteiger partial charge in [0, 0.05) is 18.2 Å². The number of non-ortho nitro benzene ring substituents is 1. The van der Waals surface area contributed by atoms with E-state index in [1.54, 1.807) is 13.1 Å². The van der Waals surface area contributed by atoms with E-state index < -0.39 is 4.92 Å². The molecule has 0 aliphatic carbocycles. The number of nitrogens with one attached hydrogen (secondary N) is 1. The van der Waals surface area contributed by atoms with E-state index in [1.807, 2.05) is 0 Å². The molecule has 2 rings (SSSR count). The molecule has 2 aromatic carbocycles. The molecule has 0 aliphatic rings. The zero-order valence-electron chi connectivity index (χ0n) is 10.8. The van der Waals surface area contributed by atoms with Crippen molar-refractivity contribution < 1.29 is 14.1 Å². The van der Waals surface area contributed by atoms with Gasteiger partial charge in [-0.25, -0.2) is 4.39 Å². The second kappa shape index (κ2) is 6.12. The summed E-state index contributed by atoms with van der Waals surface area (Å²) in [6, 6.07) is 10.0. The normalized spacial score (nSPS) is 10.3. The lowest BCUT2D eigenvalue weighted by Crippen LogP contribution is -2.06. The van der Waals surface area contributed by atoms with Gasteiger partial charge < -0.3 is 10.1 Å². The predicted octanol–water partition coefficient (Wildman–Crippen LogP) is 3.25. The van der Waals surface area contributed by atoms with Gasteiger partial charge in [0.15, 0.2) is 0 Å². The number of nitro benzene ring substituents is 1. The van der Waals surface area contributed by atoms with Crippen molar-refractivity contribution in [1.29, 1.82) is 0 Å². The van der Waals surface area contributed by atoms with Gasteiger partial charge in [0.05, 0.1) is 11.0 Å². The number of ether oxygens (including phenoxy) is 1. The molecule has 1 N–H and O–H groups in total. The van der Waals surface area contributed by atoms with Gasteiger partial charge >= 0.3 is 0 Å². The Morgan fingerprint density at radius 3 is 2.80 bits per heavy atom. The molecule has 0 radical (unpaired) electrons. The molecule has 0 atom stereocenters. The summed E-state index contributed by atoms with van der Waals surface area (Å²) in [5.41, 5.74) is 0.582. The van der Waals surface area contributed by atoms with Crippen LogP contribution in [0.15, 0.2) is 42.5 Å². The van der Waals surface area contributed by atoms with Gasteiger partial charge in [-0.2, -0.15) is 0 Å². The van der Waals surface area contributed by atoms with Crippen molar-refractivity contribution in [2.75, 3.05) is 7.05 Å². The molecule has 0 bridgehead atoms. The van der Waals surface area contributed by atoms with Crippen LogP contribution in [0.5, 0.6) is 11.5 Å². The summed E-state index contributed by atoms with van der Waals surface area (Å²) in [5.74, 6) is 0.436. The Kier molecular flexibility index (Phi) is 4.27. The minimum Gasteiger partial charge on any atom is -0.457 e. The minimum absolute atomic E-state index is 0.0558. The van der Waals surface area contributed by atoms with Gasteiger partial charge in [-0.3, -0.25) is 10.1 Å². The summed E-state index contributed by atoms with van der Waals surface area (Å²) < 4.78 is 18.8. The van der Waals surface area contributed by atoms with Crippen molar-refractivity contribution in [3.63, 3.8) is 0 Å². The molecule has 104 valence electrons. The number of halogens is 1. The molecule has 5 nitrogen and oxygen atoms in total. The molecule has 0 heterocycles. The van der Waals surface area contributed by atoms with Crippen LogP contribution in [-0.2, 0) is 6.54 Å². The number of nitro groups is 1. The first-order chi connectivity index (χ1) is 9.60. The molecule has 0 saturated heterocycles. The van der Waals surface area contributed by atoms with E-state index in [0.717, 1.165) is 0 Å². The Bertz CT molecular complexity index is 632. The van der Waals surface area contributed by atoms with E-state index in [0.29, 0.717) is 23.6 Å². The summed E-state index contributed by atoms with van der Waals surface area (Å²) in [7, 11) is 1.74. The fourth-order valence-corrected chi connectivity index (χ4v) is 1.76. The molecule has 2 aromatic rings. The standard InChI is InChI=1S/C14H13FN2O3/c1-16-9-10-7-11(15)5-6-14(10)20-13-4-2-3-12(8-13)17(18)19/h2-8,16H,9H2,1H3. The Balaban J connectivity index is 2.29. The lowest BCUT2D eigenvalue weighted by Gasteiger charge is -2.11. The second-order valence-corrected chi connectivity index (χ2v) is 4.14. The fourth-order valence-electron chi connectivity index (χ4n) is 1.76. The molecule has 0 spiro atoms. The fraction of sp³-hybridized carbons (Fsp3) is 0.143. The number of benzene rings is 2. The first-order valence-corrected chi connectivity index (χ1v) is 5.95. The van der Waals surface area contributed by atoms with Gasteiger partial charge in [-0.05, 0) is 31.3 Å². The van der Waals surface area contributed by atoms with Crippen molar-refractivity contribution in [2.24, 2.45) is 0 Å². The zero-order chi connectivity index (χ0) is 14.5. The van der Waals surface area contributed by atoms with Gasteiger partial charge in [0.1, 0.15) is 17.3 Å². The summed E-state index contributed by atoms with van der Waals surface area (Å²) in [6.07, 6.45) is 0. The van der Waals surface area contributed by atoms with Crippen LogP contribution in [-0.4, -0.2) is 12.0 Å². The third-order valence-electron chi connectivity index (χ3n) is 2.65. The zero-order valence-corrected chi connectivity index (χ0v) is 10.8. The number of rotatable bonds is 5. The van der Waals surface area contributed by atoms with Crippen LogP contribution in [0.4, 0.5) is 10.1 Å². The smallest absolute Gasteiger partial charge is 0.273 e. The highest BCUT2D eigenvalue weighted by molar-refractivity contribution is 5.42. The maximum Gasteiger partial charge on any atom is 0.273 e. The van der Waals surface area contributed by atoms with E-state index >= 15 is 0 Å². The van der Waals surface area contributed by atoms with E-state index in [-0.39, 0.29) is 11.5 Å². The number of hydrogen-bond donors (Lipinski definition) is 1. The lowest BCUT2D eigenvalue weighted by molar-refractivity contribution is -0.384. The molecule has 6 heteroatoms. The molecule has 0 aromatic heterocycles. The first-order valence-electron chi connectivity index (χ1n) is 5.95. The SMILES string of the molecule is CNCc1cc(F)ccc1Oc1cccc([N+](=O)[O-])c1.